The summed E-state index contributed by atoms with van der Waals surface area (Å²) in [6, 6.07) is 0. The minimum Gasteiger partial charge on any atom is -0.469 e. The van der Waals surface area contributed by atoms with Crippen molar-refractivity contribution in [2.24, 2.45) is 0 Å². The number of hydrogen-bond acceptors (Lipinski definition) is 6. The summed E-state index contributed by atoms with van der Waals surface area (Å²) in [5.74, 6) is -1.32. The smallest absolute Gasteiger partial charge is 0.355 e. The highest BCUT2D eigenvalue weighted by atomic mass is 16.5. The first kappa shape index (κ1) is 17.7. The van der Waals surface area contributed by atoms with E-state index in [-0.39, 0.29) is 31.6 Å². The van der Waals surface area contributed by atoms with Crippen molar-refractivity contribution in [2.75, 3.05) is 20.8 Å². The van der Waals surface area contributed by atoms with E-state index in [9.17, 15) is 14.4 Å². The molecular formula is C15H21NO6. The van der Waals surface area contributed by atoms with Gasteiger partial charge < -0.3 is 19.2 Å². The Morgan fingerprint density at radius 3 is 2.23 bits per heavy atom. The third-order valence-corrected chi connectivity index (χ3v) is 3.27. The first-order chi connectivity index (χ1) is 10.4. The van der Waals surface area contributed by atoms with E-state index in [2.05, 4.69) is 14.5 Å². The van der Waals surface area contributed by atoms with Crippen molar-refractivity contribution >= 4 is 17.9 Å². The Morgan fingerprint density at radius 2 is 1.68 bits per heavy atom. The first-order valence-corrected chi connectivity index (χ1v) is 6.95. The highest BCUT2D eigenvalue weighted by Crippen LogP contribution is 2.23. The second-order valence-corrected chi connectivity index (χ2v) is 4.63. The lowest BCUT2D eigenvalue weighted by Crippen LogP contribution is -2.12. The molecule has 7 heteroatoms. The largest absolute Gasteiger partial charge is 0.469 e. The molecule has 0 amide bonds. The zero-order valence-corrected chi connectivity index (χ0v) is 13.3. The zero-order chi connectivity index (χ0) is 16.7. The quantitative estimate of drug-likeness (QED) is 0.603. The van der Waals surface area contributed by atoms with E-state index in [1.54, 1.807) is 13.8 Å². The number of carbonyl (C=O) groups excluding carboxylic acids is 3. The molecule has 0 atom stereocenters. The van der Waals surface area contributed by atoms with Crippen molar-refractivity contribution < 1.29 is 28.6 Å². The highest BCUT2D eigenvalue weighted by molar-refractivity contribution is 5.91. The van der Waals surface area contributed by atoms with Crippen LogP contribution in [0, 0.1) is 6.92 Å². The Kier molecular flexibility index (Phi) is 6.62. The molecule has 0 fully saturated rings. The standard InChI is InChI=1S/C15H21NO6/c1-5-22-15(19)14-10(6-7-12(17)20-3)11(9(2)16-14)8-13(18)21-4/h16H,5-8H2,1-4H3. The number of rotatable bonds is 7. The van der Waals surface area contributed by atoms with Gasteiger partial charge in [-0.15, -0.1) is 0 Å². The van der Waals surface area contributed by atoms with Gasteiger partial charge in [0.15, 0.2) is 0 Å². The van der Waals surface area contributed by atoms with Crippen molar-refractivity contribution in [3.05, 3.63) is 22.5 Å². The lowest BCUT2D eigenvalue weighted by atomic mass is 10.0. The van der Waals surface area contributed by atoms with Gasteiger partial charge in [-0.05, 0) is 31.4 Å². The van der Waals surface area contributed by atoms with Gasteiger partial charge >= 0.3 is 17.9 Å². The summed E-state index contributed by atoms with van der Waals surface area (Å²) in [5.41, 5.74) is 2.18. The van der Waals surface area contributed by atoms with Crippen molar-refractivity contribution in [3.63, 3.8) is 0 Å². The molecule has 22 heavy (non-hydrogen) atoms. The van der Waals surface area contributed by atoms with Crippen LogP contribution in [-0.2, 0) is 36.6 Å². The molecule has 0 unspecified atom stereocenters. The summed E-state index contributed by atoms with van der Waals surface area (Å²) >= 11 is 0. The minimum atomic E-state index is -0.512. The molecule has 0 radical (unpaired) electrons. The topological polar surface area (TPSA) is 94.7 Å². The number of esters is 3. The summed E-state index contributed by atoms with van der Waals surface area (Å²) in [7, 11) is 2.59. The Balaban J connectivity index is 3.15. The van der Waals surface area contributed by atoms with Crippen LogP contribution < -0.4 is 0 Å². The first-order valence-electron chi connectivity index (χ1n) is 6.95. The number of H-pyrrole nitrogens is 1. The average molecular weight is 311 g/mol. The van der Waals surface area contributed by atoms with Crippen molar-refractivity contribution in [1.82, 2.24) is 4.98 Å². The van der Waals surface area contributed by atoms with E-state index < -0.39 is 17.9 Å². The number of carbonyl (C=O) groups is 3. The third kappa shape index (κ3) is 4.34. The molecule has 1 aromatic heterocycles. The Labute approximate surface area is 128 Å². The fourth-order valence-electron chi connectivity index (χ4n) is 2.15. The number of aromatic amines is 1. The van der Waals surface area contributed by atoms with E-state index in [0.717, 1.165) is 0 Å². The SMILES string of the molecule is CCOC(=O)c1[nH]c(C)c(CC(=O)OC)c1CCC(=O)OC. The molecule has 1 aromatic rings. The van der Waals surface area contributed by atoms with E-state index in [1.165, 1.54) is 14.2 Å². The fourth-order valence-corrected chi connectivity index (χ4v) is 2.15. The molecule has 0 aromatic carbocycles. The molecule has 0 bridgehead atoms. The molecule has 1 heterocycles. The van der Waals surface area contributed by atoms with Gasteiger partial charge in [0.2, 0.25) is 0 Å². The maximum Gasteiger partial charge on any atom is 0.355 e. The van der Waals surface area contributed by atoms with Crippen LogP contribution in [-0.4, -0.2) is 43.7 Å². The van der Waals surface area contributed by atoms with Crippen LogP contribution >= 0.6 is 0 Å². The van der Waals surface area contributed by atoms with Crippen LogP contribution in [0.2, 0.25) is 0 Å². The molecule has 0 saturated heterocycles. The van der Waals surface area contributed by atoms with Gasteiger partial charge in [-0.25, -0.2) is 4.79 Å². The number of methoxy groups -OCH3 is 2. The predicted molar refractivity (Wildman–Crippen MR) is 77.5 cm³/mol. The fraction of sp³-hybridized carbons (Fsp3) is 0.533. The van der Waals surface area contributed by atoms with Gasteiger partial charge in [-0.1, -0.05) is 0 Å². The average Bonchev–Trinajstić information content (AvgIpc) is 2.81. The normalized spacial score (nSPS) is 10.2. The molecule has 0 aliphatic heterocycles. The van der Waals surface area contributed by atoms with Crippen molar-refractivity contribution in [1.29, 1.82) is 0 Å². The Morgan fingerprint density at radius 1 is 1.05 bits per heavy atom. The van der Waals surface area contributed by atoms with Gasteiger partial charge in [0, 0.05) is 12.1 Å². The van der Waals surface area contributed by atoms with Crippen LogP contribution in [0.1, 0.15) is 40.7 Å². The molecule has 1 N–H and O–H groups in total. The van der Waals surface area contributed by atoms with E-state index in [0.29, 0.717) is 16.8 Å². The monoisotopic (exact) mass is 311 g/mol. The lowest BCUT2D eigenvalue weighted by molar-refractivity contribution is -0.140. The van der Waals surface area contributed by atoms with Crippen LogP contribution in [0.3, 0.4) is 0 Å². The zero-order valence-electron chi connectivity index (χ0n) is 13.3. The van der Waals surface area contributed by atoms with Crippen LogP contribution in [0.15, 0.2) is 0 Å². The van der Waals surface area contributed by atoms with E-state index in [4.69, 9.17) is 4.74 Å². The molecule has 0 aliphatic rings. The predicted octanol–water partition coefficient (Wildman–Crippen LogP) is 1.32. The Hall–Kier alpha value is -2.31. The summed E-state index contributed by atoms with van der Waals surface area (Å²) in [6.45, 7) is 3.69. The van der Waals surface area contributed by atoms with E-state index in [1.807, 2.05) is 0 Å². The van der Waals surface area contributed by atoms with Gasteiger partial charge in [-0.2, -0.15) is 0 Å². The number of ether oxygens (including phenoxy) is 3. The molecule has 122 valence electrons. The summed E-state index contributed by atoms with van der Waals surface area (Å²) in [6.07, 6.45) is 0.403. The van der Waals surface area contributed by atoms with Crippen molar-refractivity contribution in [2.45, 2.75) is 33.1 Å². The molecule has 0 spiro atoms. The van der Waals surface area contributed by atoms with Crippen molar-refractivity contribution in [3.8, 4) is 0 Å². The summed E-state index contributed by atoms with van der Waals surface area (Å²) in [5, 5.41) is 0. The number of nitrogens with one attached hydrogen (secondary N) is 1. The number of aryl methyl sites for hydroxylation is 1. The van der Waals surface area contributed by atoms with Crippen LogP contribution in [0.4, 0.5) is 0 Å². The van der Waals surface area contributed by atoms with Gasteiger partial charge in [0.1, 0.15) is 5.69 Å². The van der Waals surface area contributed by atoms with Gasteiger partial charge in [0.05, 0.1) is 27.2 Å². The van der Waals surface area contributed by atoms with Crippen LogP contribution in [0.25, 0.3) is 0 Å². The maximum absolute atomic E-state index is 12.0. The molecule has 1 rings (SSSR count). The molecular weight excluding hydrogens is 290 g/mol. The molecule has 0 saturated carbocycles. The minimum absolute atomic E-state index is 0.0226. The third-order valence-electron chi connectivity index (χ3n) is 3.27. The highest BCUT2D eigenvalue weighted by Gasteiger charge is 2.23. The van der Waals surface area contributed by atoms with Gasteiger partial charge in [0.25, 0.3) is 0 Å². The van der Waals surface area contributed by atoms with Gasteiger partial charge in [-0.3, -0.25) is 9.59 Å². The number of hydrogen-bond donors (Lipinski definition) is 1. The maximum atomic E-state index is 12.0. The summed E-state index contributed by atoms with van der Waals surface area (Å²) < 4.78 is 14.3. The summed E-state index contributed by atoms with van der Waals surface area (Å²) in [4.78, 5) is 37.8. The second-order valence-electron chi connectivity index (χ2n) is 4.63. The number of aromatic nitrogens is 1. The van der Waals surface area contributed by atoms with Crippen LogP contribution in [0.5, 0.6) is 0 Å². The molecule has 7 nitrogen and oxygen atoms in total. The molecule has 0 aliphatic carbocycles. The lowest BCUT2D eigenvalue weighted by Gasteiger charge is -2.07. The van der Waals surface area contributed by atoms with E-state index >= 15 is 0 Å². The second kappa shape index (κ2) is 8.21. The Bertz CT molecular complexity index is 561.